The molecule has 6 fully saturated rings. The van der Waals surface area contributed by atoms with Crippen LogP contribution in [-0.4, -0.2) is 194 Å². The average molecular weight is 1100 g/mol. The highest BCUT2D eigenvalue weighted by atomic mass is 16.8. The smallest absolute Gasteiger partial charge is 0.202 e. The van der Waals surface area contributed by atoms with Gasteiger partial charge >= 0.3 is 0 Å². The Morgan fingerprint density at radius 2 is 1.00 bits per heavy atom. The van der Waals surface area contributed by atoms with Crippen LogP contribution in [0.4, 0.5) is 0 Å². The molecule has 6 saturated heterocycles. The number of phenols is 2. The molecule has 2 aromatic carbocycles. The first-order valence-electron chi connectivity index (χ1n) is 27.1. The predicted octanol–water partition coefficient (Wildman–Crippen LogP) is 2.85. The van der Waals surface area contributed by atoms with E-state index in [0.29, 0.717) is 36.8 Å². The van der Waals surface area contributed by atoms with Crippen LogP contribution in [0, 0.1) is 6.92 Å². The second-order valence-corrected chi connectivity index (χ2v) is 22.1. The number of aryl methyl sites for hydroxylation is 1. The van der Waals surface area contributed by atoms with Crippen molar-refractivity contribution in [2.75, 3.05) is 0 Å². The molecule has 0 unspecified atom stereocenters. The highest BCUT2D eigenvalue weighted by Gasteiger charge is 2.49. The highest BCUT2D eigenvalue weighted by molar-refractivity contribution is 6.42. The van der Waals surface area contributed by atoms with Gasteiger partial charge in [-0.25, -0.2) is 0 Å². The highest BCUT2D eigenvalue weighted by Crippen LogP contribution is 2.48. The van der Waals surface area contributed by atoms with Crippen molar-refractivity contribution in [3.8, 4) is 17.2 Å². The summed E-state index contributed by atoms with van der Waals surface area (Å²) in [6.07, 6.45) is -16.2. The van der Waals surface area contributed by atoms with Gasteiger partial charge in [0.15, 0.2) is 43.0 Å². The number of Topliss-reactive ketones (excluding diaryl/α,β-unsaturated/α-hetero) is 2. The van der Waals surface area contributed by atoms with Crippen LogP contribution in [0.2, 0.25) is 0 Å². The van der Waals surface area contributed by atoms with E-state index in [1.165, 1.54) is 18.2 Å². The van der Waals surface area contributed by atoms with Gasteiger partial charge in [0.05, 0.1) is 90.5 Å². The Morgan fingerprint density at radius 1 is 0.481 bits per heavy atom. The van der Waals surface area contributed by atoms with Crippen LogP contribution in [0.1, 0.15) is 130 Å². The Morgan fingerprint density at radius 3 is 1.58 bits per heavy atom. The number of carbonyl (C=O) groups excluding carboxylic acids is 2. The van der Waals surface area contributed by atoms with E-state index >= 15 is 0 Å². The second-order valence-electron chi connectivity index (χ2n) is 22.1. The fourth-order valence-corrected chi connectivity index (χ4v) is 12.2. The number of ether oxygens (including phenoxy) is 12. The molecule has 0 aromatic heterocycles. The van der Waals surface area contributed by atoms with Gasteiger partial charge in [-0.3, -0.25) is 9.59 Å². The van der Waals surface area contributed by atoms with E-state index in [0.717, 1.165) is 0 Å². The summed E-state index contributed by atoms with van der Waals surface area (Å²) >= 11 is 0. The number of phenolic OH excluding ortho intramolecular Hbond substituents is 2. The molecule has 8 N–H and O–H groups in total. The van der Waals surface area contributed by atoms with E-state index in [2.05, 4.69) is 0 Å². The van der Waals surface area contributed by atoms with Crippen molar-refractivity contribution in [3.63, 3.8) is 0 Å². The summed E-state index contributed by atoms with van der Waals surface area (Å²) < 4.78 is 74.1. The molecule has 426 valence electrons. The number of hydrogen-bond donors (Lipinski definition) is 8. The molecule has 0 bridgehead atoms. The van der Waals surface area contributed by atoms with Gasteiger partial charge in [-0.05, 0) is 90.6 Å². The lowest BCUT2D eigenvalue weighted by atomic mass is 9.99. The Balaban J connectivity index is 0.699. The van der Waals surface area contributed by atoms with Crippen LogP contribution in [-0.2, 0) is 58.5 Å². The zero-order chi connectivity index (χ0) is 54.9. The molecule has 8 aliphatic rings. The quantitative estimate of drug-likeness (QED) is 0.142. The fourth-order valence-electron chi connectivity index (χ4n) is 12.2. The fraction of sp³-hybridized carbons (Fsp3) is 0.709. The van der Waals surface area contributed by atoms with Gasteiger partial charge in [0, 0.05) is 61.7 Å². The second kappa shape index (κ2) is 23.0. The minimum absolute atomic E-state index is 0.0260. The third-order valence-electron chi connectivity index (χ3n) is 16.3. The molecule has 6 heterocycles. The number of aliphatic hydroxyl groups is 6. The molecule has 0 amide bonds. The molecule has 77 heavy (non-hydrogen) atoms. The third kappa shape index (κ3) is 11.6. The number of fused-ring (bicyclic) bond motifs is 3. The maximum Gasteiger partial charge on any atom is 0.202 e. The minimum Gasteiger partial charge on any atom is -0.507 e. The monoisotopic (exact) mass is 1100 g/mol. The number of carbonyl (C=O) groups is 2. The van der Waals surface area contributed by atoms with Crippen LogP contribution >= 0.6 is 0 Å². The summed E-state index contributed by atoms with van der Waals surface area (Å²) in [4.78, 5) is 28.4. The van der Waals surface area contributed by atoms with Crippen molar-refractivity contribution in [3.05, 3.63) is 57.7 Å². The van der Waals surface area contributed by atoms with Gasteiger partial charge in [-0.1, -0.05) is 6.07 Å². The van der Waals surface area contributed by atoms with Gasteiger partial charge < -0.3 is 97.7 Å². The minimum atomic E-state index is -1.38. The van der Waals surface area contributed by atoms with Gasteiger partial charge in [0.25, 0.3) is 0 Å². The Bertz CT molecular complexity index is 2480. The standard InChI is InChI=1S/C55H74O22/c1-21-14-28-16-32(59)47-49(45(28)31(58)15-21)53(65)46-30(57)8-10-36(48(46)52(47)64)73-42-18-34(61)55(27(7)71-42)77-44-20-38(51(63)25(5)69-44)75-40-13-11-35(23(3)67-40)72-41-17-33(60)54(26(6)70-41)76-43-19-37(50(62)24(4)68-43)74-39-12-9-29(56)22(2)66-39/h8,10,14-15,22-27,29,32-35,37-44,50-51,54-63H,9,11-13,16-20H2,1-7H3/t22-,23-,24+,25+,26+,27+,29-,32+,33+,34+,35-,37+,38+,39-,40-,41-,42-,43-,44-,50+,51+,54+,55+/m0/s1/i8+1,21+1,28+1,31+1,32+1,36+1,46+1,49+1,52+1. The molecule has 23 atom stereocenters. The molecule has 2 aliphatic carbocycles. The van der Waals surface area contributed by atoms with Crippen molar-refractivity contribution in [2.24, 2.45) is 0 Å². The van der Waals surface area contributed by atoms with Gasteiger partial charge in [0.2, 0.25) is 6.29 Å². The maximum atomic E-state index is 14.2. The Hall–Kier alpha value is -3.76. The molecule has 22 heteroatoms. The molecular formula is C55H74O22. The first-order valence-corrected chi connectivity index (χ1v) is 27.1. The Kier molecular flexibility index (Phi) is 16.9. The molecule has 10 rings (SSSR count). The lowest BCUT2D eigenvalue weighted by molar-refractivity contribution is -0.340. The van der Waals surface area contributed by atoms with E-state index in [4.69, 9.17) is 56.8 Å². The number of benzene rings is 2. The number of allylic oxidation sites excluding steroid dienone is 1. The maximum absolute atomic E-state index is 14.2. The lowest BCUT2D eigenvalue weighted by Gasteiger charge is -2.45. The number of rotatable bonds is 12. The summed E-state index contributed by atoms with van der Waals surface area (Å²) in [6.45, 7) is 12.2. The lowest BCUT2D eigenvalue weighted by Crippen LogP contribution is -2.56. The first kappa shape index (κ1) is 56.5. The molecule has 2 aromatic rings. The van der Waals surface area contributed by atoms with Gasteiger partial charge in [-0.15, -0.1) is 0 Å². The van der Waals surface area contributed by atoms with E-state index in [1.807, 2.05) is 6.92 Å². The van der Waals surface area contributed by atoms with E-state index in [-0.39, 0.29) is 71.4 Å². The van der Waals surface area contributed by atoms with Crippen LogP contribution in [0.5, 0.6) is 17.2 Å². The molecule has 22 nitrogen and oxygen atoms in total. The molecule has 0 saturated carbocycles. The topological polar surface area (TPSA) is 307 Å². The van der Waals surface area contributed by atoms with Crippen LogP contribution < -0.4 is 4.74 Å². The van der Waals surface area contributed by atoms with E-state index in [1.54, 1.807) is 47.6 Å². The number of ketones is 2. The number of aliphatic hydroxyl groups excluding tert-OH is 6. The summed E-state index contributed by atoms with van der Waals surface area (Å²) in [6, 6.07) is 5.70. The third-order valence-corrected chi connectivity index (χ3v) is 16.3. The molecule has 0 radical (unpaired) electrons. The van der Waals surface area contributed by atoms with Crippen molar-refractivity contribution in [1.29, 1.82) is 0 Å². The van der Waals surface area contributed by atoms with Gasteiger partial charge in [-0.2, -0.15) is 0 Å². The van der Waals surface area contributed by atoms with Crippen LogP contribution in [0.3, 0.4) is 0 Å². The van der Waals surface area contributed by atoms with Crippen molar-refractivity contribution >= 4 is 17.1 Å². The number of hydrogen-bond acceptors (Lipinski definition) is 22. The summed E-state index contributed by atoms with van der Waals surface area (Å²) in [5.74, 6) is -2.36. The summed E-state index contributed by atoms with van der Waals surface area (Å²) in [7, 11) is 0. The van der Waals surface area contributed by atoms with E-state index < -0.39 is 159 Å². The van der Waals surface area contributed by atoms with Gasteiger partial charge in [0.1, 0.15) is 41.7 Å². The van der Waals surface area contributed by atoms with E-state index in [9.17, 15) is 50.4 Å². The molecular weight excluding hydrogens is 1020 g/mol. The summed E-state index contributed by atoms with van der Waals surface area (Å²) in [5, 5.41) is 88.0. The molecule has 0 spiro atoms. The van der Waals surface area contributed by atoms with Crippen LogP contribution in [0.25, 0.3) is 5.57 Å². The van der Waals surface area contributed by atoms with Crippen molar-refractivity contribution in [2.45, 2.75) is 248 Å². The summed E-state index contributed by atoms with van der Waals surface area (Å²) in [5.41, 5.74) is 0.302. The molecule has 6 aliphatic heterocycles. The number of aromatic hydroxyl groups is 2. The van der Waals surface area contributed by atoms with Crippen LogP contribution in [0.15, 0.2) is 29.8 Å². The predicted molar refractivity (Wildman–Crippen MR) is 264 cm³/mol. The zero-order valence-corrected chi connectivity index (χ0v) is 44.2. The normalized spacial score (nSPS) is 42.6. The largest absolute Gasteiger partial charge is 0.507 e. The van der Waals surface area contributed by atoms with Crippen molar-refractivity contribution < 1.29 is 107 Å². The van der Waals surface area contributed by atoms with Crippen molar-refractivity contribution in [1.82, 2.24) is 0 Å². The Labute approximate surface area is 445 Å². The zero-order valence-electron chi connectivity index (χ0n) is 44.2. The first-order chi connectivity index (χ1) is 36.6. The average Bonchev–Trinajstić information content (AvgIpc) is 3.47. The SMILES string of the molecule is C[C@@H]1O[C@@H](O[C@@H]2C[C@H](O[C@H]3[C@H](O)C[C@H](O[13c]4c[13cH]c(O)[13c]5c4[13C](=O)C4=[13C](C5=O)c5[13c](O)c[13c](C)c[13c]5C[13C@H]4O)O[C@@H]3C)O[C@H](C)[C@H]2O)CC[C@@H]1O[C@H]1C[C@@H](O)[C@H](O[C@H]2C[C@@H](O[C@H]3CC[C@H](O)[C@H](C)O3)[C@H](O)[C@@H](C)O2)[C@@H](C)O1.